The molecule has 2 aromatic heterocycles. The highest BCUT2D eigenvalue weighted by Gasteiger charge is 2.35. The first-order chi connectivity index (χ1) is 14.8. The van der Waals surface area contributed by atoms with Crippen molar-refractivity contribution < 1.29 is 4.74 Å². The molecule has 2 fully saturated rings. The molecule has 1 saturated carbocycles. The molecule has 2 aliphatic carbocycles. The second-order valence-electron chi connectivity index (χ2n) is 9.06. The number of hydrogen-bond acceptors (Lipinski definition) is 5. The fourth-order valence-electron chi connectivity index (χ4n) is 5.24. The molecular formula is C24H29N5O. The van der Waals surface area contributed by atoms with Crippen molar-refractivity contribution in [3.05, 3.63) is 53.0 Å². The molecule has 3 aliphatic rings. The number of hydrogen-bond donors (Lipinski definition) is 2. The molecule has 1 saturated heterocycles. The van der Waals surface area contributed by atoms with E-state index in [1.807, 2.05) is 0 Å². The van der Waals surface area contributed by atoms with Crippen molar-refractivity contribution in [2.45, 2.75) is 50.6 Å². The fraction of sp³-hybridized carbons (Fsp3) is 0.500. The monoisotopic (exact) mass is 403 g/mol. The van der Waals surface area contributed by atoms with Crippen molar-refractivity contribution in [2.75, 3.05) is 31.6 Å². The zero-order valence-electron chi connectivity index (χ0n) is 17.5. The summed E-state index contributed by atoms with van der Waals surface area (Å²) in [6.45, 7) is 5.83. The van der Waals surface area contributed by atoms with Gasteiger partial charge in [0, 0.05) is 24.8 Å². The van der Waals surface area contributed by atoms with Crippen LogP contribution >= 0.6 is 0 Å². The molecule has 0 spiro atoms. The number of nitrogens with zero attached hydrogens (tertiary/aromatic N) is 3. The van der Waals surface area contributed by atoms with Crippen LogP contribution in [0.15, 0.2) is 30.6 Å². The van der Waals surface area contributed by atoms with Crippen LogP contribution in [0.5, 0.6) is 0 Å². The Kier molecular flexibility index (Phi) is 4.50. The number of anilines is 1. The van der Waals surface area contributed by atoms with Crippen molar-refractivity contribution in [3.8, 4) is 0 Å². The Morgan fingerprint density at radius 3 is 2.80 bits per heavy atom. The van der Waals surface area contributed by atoms with Crippen molar-refractivity contribution in [1.82, 2.24) is 19.9 Å². The summed E-state index contributed by atoms with van der Waals surface area (Å²) in [6, 6.07) is 9.83. The van der Waals surface area contributed by atoms with Crippen LogP contribution in [0.1, 0.15) is 53.6 Å². The lowest BCUT2D eigenvalue weighted by Gasteiger charge is -2.43. The Morgan fingerprint density at radius 2 is 1.97 bits per heavy atom. The Morgan fingerprint density at radius 1 is 1.10 bits per heavy atom. The summed E-state index contributed by atoms with van der Waals surface area (Å²) in [7, 11) is 0. The number of H-pyrrole nitrogens is 1. The first-order valence-corrected chi connectivity index (χ1v) is 11.3. The minimum atomic E-state index is 0.213. The molecule has 1 aliphatic heterocycles. The number of rotatable bonds is 4. The van der Waals surface area contributed by atoms with Crippen LogP contribution in [0.4, 0.5) is 5.82 Å². The Bertz CT molecular complexity index is 1070. The molecular weight excluding hydrogens is 374 g/mol. The predicted octanol–water partition coefficient (Wildman–Crippen LogP) is 3.94. The lowest BCUT2D eigenvalue weighted by Crippen LogP contribution is -2.49. The van der Waals surface area contributed by atoms with E-state index >= 15 is 0 Å². The smallest absolute Gasteiger partial charge is 0.143 e. The van der Waals surface area contributed by atoms with Gasteiger partial charge in [0.2, 0.25) is 0 Å². The minimum Gasteiger partial charge on any atom is -0.379 e. The van der Waals surface area contributed by atoms with Crippen molar-refractivity contribution in [3.63, 3.8) is 0 Å². The van der Waals surface area contributed by atoms with Gasteiger partial charge in [-0.2, -0.15) is 0 Å². The van der Waals surface area contributed by atoms with E-state index in [1.54, 1.807) is 6.33 Å². The molecule has 0 bridgehead atoms. The van der Waals surface area contributed by atoms with Gasteiger partial charge in [-0.05, 0) is 55.7 Å². The van der Waals surface area contributed by atoms with Crippen LogP contribution in [0.3, 0.4) is 0 Å². The average Bonchev–Trinajstić information content (AvgIpc) is 3.53. The Hall–Kier alpha value is -2.44. The average molecular weight is 404 g/mol. The maximum atomic E-state index is 5.63. The van der Waals surface area contributed by atoms with Gasteiger partial charge in [0.05, 0.1) is 24.6 Å². The molecule has 6 nitrogen and oxygen atoms in total. The lowest BCUT2D eigenvalue weighted by molar-refractivity contribution is 0.00895. The van der Waals surface area contributed by atoms with Crippen molar-refractivity contribution in [2.24, 2.45) is 0 Å². The summed E-state index contributed by atoms with van der Waals surface area (Å²) in [5.74, 6) is 1.62. The highest BCUT2D eigenvalue weighted by Crippen LogP contribution is 2.42. The number of benzene rings is 1. The Balaban J connectivity index is 1.39. The van der Waals surface area contributed by atoms with Gasteiger partial charge in [0.25, 0.3) is 0 Å². The number of morpholine rings is 1. The molecule has 156 valence electrons. The van der Waals surface area contributed by atoms with Crippen LogP contribution in [0.2, 0.25) is 0 Å². The lowest BCUT2D eigenvalue weighted by atomic mass is 9.82. The zero-order valence-corrected chi connectivity index (χ0v) is 17.5. The van der Waals surface area contributed by atoms with Crippen LogP contribution < -0.4 is 5.32 Å². The number of nitrogens with one attached hydrogen (secondary N) is 2. The number of aryl methyl sites for hydroxylation is 2. The minimum absolute atomic E-state index is 0.213. The molecule has 2 atom stereocenters. The maximum Gasteiger partial charge on any atom is 0.143 e. The third kappa shape index (κ3) is 3.28. The molecule has 6 heteroatoms. The molecule has 0 amide bonds. The summed E-state index contributed by atoms with van der Waals surface area (Å²) in [6.07, 6.45) is 6.52. The van der Waals surface area contributed by atoms with E-state index in [9.17, 15) is 0 Å². The van der Waals surface area contributed by atoms with Gasteiger partial charge in [-0.3, -0.25) is 4.90 Å². The van der Waals surface area contributed by atoms with Crippen molar-refractivity contribution in [1.29, 1.82) is 0 Å². The SMILES string of the molecule is Cc1ccc2c(c1)CCC(N1CCOCC1)C2Nc1ncnc2[nH]c(C3CC3)cc12. The van der Waals surface area contributed by atoms with Gasteiger partial charge < -0.3 is 15.0 Å². The van der Waals surface area contributed by atoms with Gasteiger partial charge >= 0.3 is 0 Å². The van der Waals surface area contributed by atoms with Gasteiger partial charge in [-0.15, -0.1) is 0 Å². The summed E-state index contributed by atoms with van der Waals surface area (Å²) in [5, 5.41) is 4.98. The first-order valence-electron chi connectivity index (χ1n) is 11.3. The van der Waals surface area contributed by atoms with E-state index in [4.69, 9.17) is 4.74 Å². The summed E-state index contributed by atoms with van der Waals surface area (Å²) >= 11 is 0. The molecule has 0 radical (unpaired) electrons. The van der Waals surface area contributed by atoms with E-state index in [0.29, 0.717) is 12.0 Å². The van der Waals surface area contributed by atoms with Crippen LogP contribution in [-0.4, -0.2) is 52.2 Å². The number of aromatic nitrogens is 3. The normalized spacial score (nSPS) is 24.7. The van der Waals surface area contributed by atoms with E-state index in [1.165, 1.54) is 35.2 Å². The number of aromatic amines is 1. The molecule has 30 heavy (non-hydrogen) atoms. The van der Waals surface area contributed by atoms with Gasteiger partial charge in [0.1, 0.15) is 17.8 Å². The highest BCUT2D eigenvalue weighted by molar-refractivity contribution is 5.88. The number of ether oxygens (including phenoxy) is 1. The largest absolute Gasteiger partial charge is 0.379 e. The molecule has 3 heterocycles. The quantitative estimate of drug-likeness (QED) is 0.691. The fourth-order valence-corrected chi connectivity index (χ4v) is 5.24. The van der Waals surface area contributed by atoms with Crippen molar-refractivity contribution >= 4 is 16.9 Å². The van der Waals surface area contributed by atoms with E-state index < -0.39 is 0 Å². The third-order valence-corrected chi connectivity index (χ3v) is 7.00. The van der Waals surface area contributed by atoms with Crippen LogP contribution in [-0.2, 0) is 11.2 Å². The molecule has 3 aromatic rings. The van der Waals surface area contributed by atoms with Crippen LogP contribution in [0.25, 0.3) is 11.0 Å². The van der Waals surface area contributed by atoms with E-state index in [-0.39, 0.29) is 6.04 Å². The van der Waals surface area contributed by atoms with E-state index in [0.717, 1.165) is 56.0 Å². The molecule has 1 aromatic carbocycles. The third-order valence-electron chi connectivity index (χ3n) is 7.00. The highest BCUT2D eigenvalue weighted by atomic mass is 16.5. The molecule has 2 unspecified atom stereocenters. The second kappa shape index (κ2) is 7.36. The summed E-state index contributed by atoms with van der Waals surface area (Å²) in [5.41, 5.74) is 6.46. The van der Waals surface area contributed by atoms with Crippen LogP contribution in [0, 0.1) is 6.92 Å². The first kappa shape index (κ1) is 18.3. The molecule has 6 rings (SSSR count). The summed E-state index contributed by atoms with van der Waals surface area (Å²) < 4.78 is 5.63. The summed E-state index contributed by atoms with van der Waals surface area (Å²) in [4.78, 5) is 15.3. The molecule has 2 N–H and O–H groups in total. The predicted molar refractivity (Wildman–Crippen MR) is 118 cm³/mol. The zero-order chi connectivity index (χ0) is 20.1. The second-order valence-corrected chi connectivity index (χ2v) is 9.06. The number of fused-ring (bicyclic) bond motifs is 2. The van der Waals surface area contributed by atoms with E-state index in [2.05, 4.69) is 56.4 Å². The Labute approximate surface area is 177 Å². The van der Waals surface area contributed by atoms with Gasteiger partial charge in [-0.25, -0.2) is 9.97 Å². The van der Waals surface area contributed by atoms with Gasteiger partial charge in [-0.1, -0.05) is 23.8 Å². The maximum absolute atomic E-state index is 5.63. The standard InChI is InChI=1S/C24H29N5O/c1-15-2-6-18-17(12-15)5-7-21(29-8-10-30-11-9-29)22(18)28-24-19-13-20(16-3-4-16)27-23(19)25-14-26-24/h2,6,12-14,16,21-22H,3-5,7-11H2,1H3,(H2,25,26,27,28). The van der Waals surface area contributed by atoms with Gasteiger partial charge in [0.15, 0.2) is 0 Å². The topological polar surface area (TPSA) is 66.1 Å².